The van der Waals surface area contributed by atoms with Crippen LogP contribution < -0.4 is 5.56 Å². The van der Waals surface area contributed by atoms with Crippen molar-refractivity contribution in [1.82, 2.24) is 14.5 Å². The highest BCUT2D eigenvalue weighted by molar-refractivity contribution is 7.20. The molecule has 0 N–H and O–H groups in total. The van der Waals surface area contributed by atoms with Crippen LogP contribution in [0.2, 0.25) is 0 Å². The number of carbonyl (C=O) groups excluding carboxylic acids is 1. The number of fused-ring (bicyclic) bond motifs is 1. The average Bonchev–Trinajstić information content (AvgIpc) is 2.85. The van der Waals surface area contributed by atoms with Crippen molar-refractivity contribution in [3.05, 3.63) is 27.1 Å². The lowest BCUT2D eigenvalue weighted by Crippen LogP contribution is -2.37. The van der Waals surface area contributed by atoms with Crippen molar-refractivity contribution in [2.24, 2.45) is 5.92 Å². The number of rotatable bonds is 2. The van der Waals surface area contributed by atoms with Crippen LogP contribution in [-0.2, 0) is 6.54 Å². The van der Waals surface area contributed by atoms with Crippen molar-refractivity contribution in [2.75, 3.05) is 13.1 Å². The maximum atomic E-state index is 12.8. The minimum absolute atomic E-state index is 0.0485. The van der Waals surface area contributed by atoms with Gasteiger partial charge in [-0.05, 0) is 38.2 Å². The van der Waals surface area contributed by atoms with E-state index >= 15 is 0 Å². The van der Waals surface area contributed by atoms with E-state index in [1.165, 1.54) is 11.3 Å². The standard InChI is InChI=1S/C16H21N3O2S/c1-4-18-9-17-14-12(15(18)20)11(3)13(22-14)16(21)19-7-5-10(2)6-8-19/h9-10H,4-8H2,1-3H3. The van der Waals surface area contributed by atoms with Crippen molar-refractivity contribution in [1.29, 1.82) is 0 Å². The van der Waals surface area contributed by atoms with E-state index in [-0.39, 0.29) is 11.5 Å². The van der Waals surface area contributed by atoms with Crippen molar-refractivity contribution >= 4 is 27.5 Å². The molecule has 3 rings (SSSR count). The molecule has 1 amide bonds. The Labute approximate surface area is 133 Å². The lowest BCUT2D eigenvalue weighted by atomic mass is 9.99. The van der Waals surface area contributed by atoms with Gasteiger partial charge in [0.2, 0.25) is 0 Å². The van der Waals surface area contributed by atoms with Crippen LogP contribution in [0.3, 0.4) is 0 Å². The summed E-state index contributed by atoms with van der Waals surface area (Å²) in [7, 11) is 0. The van der Waals surface area contributed by atoms with Crippen LogP contribution in [0.4, 0.5) is 0 Å². The number of likely N-dealkylation sites (tertiary alicyclic amines) is 1. The lowest BCUT2D eigenvalue weighted by Gasteiger charge is -2.30. The van der Waals surface area contributed by atoms with E-state index in [0.29, 0.717) is 27.6 Å². The molecule has 0 aromatic carbocycles. The van der Waals surface area contributed by atoms with Gasteiger partial charge >= 0.3 is 0 Å². The summed E-state index contributed by atoms with van der Waals surface area (Å²) >= 11 is 1.34. The van der Waals surface area contributed by atoms with Crippen LogP contribution in [-0.4, -0.2) is 33.4 Å². The van der Waals surface area contributed by atoms with Gasteiger partial charge in [-0.1, -0.05) is 6.92 Å². The number of aromatic nitrogens is 2. The van der Waals surface area contributed by atoms with E-state index in [0.717, 1.165) is 31.5 Å². The van der Waals surface area contributed by atoms with Gasteiger partial charge in [-0.2, -0.15) is 0 Å². The molecular formula is C16H21N3O2S. The van der Waals surface area contributed by atoms with E-state index in [1.807, 2.05) is 18.7 Å². The summed E-state index contributed by atoms with van der Waals surface area (Å²) in [6, 6.07) is 0. The molecular weight excluding hydrogens is 298 g/mol. The van der Waals surface area contributed by atoms with E-state index < -0.39 is 0 Å². The molecule has 1 fully saturated rings. The zero-order valence-corrected chi connectivity index (χ0v) is 14.1. The molecule has 2 aromatic rings. The Hall–Kier alpha value is -1.69. The number of thiophene rings is 1. The number of hydrogen-bond acceptors (Lipinski definition) is 4. The zero-order valence-electron chi connectivity index (χ0n) is 13.3. The third-order valence-corrected chi connectivity index (χ3v) is 5.71. The molecule has 118 valence electrons. The van der Waals surface area contributed by atoms with Crippen LogP contribution in [0.25, 0.3) is 10.2 Å². The molecule has 0 unspecified atom stereocenters. The van der Waals surface area contributed by atoms with Gasteiger partial charge in [0.25, 0.3) is 11.5 Å². The molecule has 0 atom stereocenters. The van der Waals surface area contributed by atoms with E-state index in [4.69, 9.17) is 0 Å². The first kappa shape index (κ1) is 15.2. The second kappa shape index (κ2) is 5.83. The van der Waals surface area contributed by atoms with Crippen molar-refractivity contribution in [2.45, 2.75) is 40.2 Å². The smallest absolute Gasteiger partial charge is 0.264 e. The second-order valence-corrected chi connectivity index (χ2v) is 7.05. The number of amides is 1. The molecule has 22 heavy (non-hydrogen) atoms. The predicted molar refractivity (Wildman–Crippen MR) is 88.6 cm³/mol. The van der Waals surface area contributed by atoms with Crippen LogP contribution in [0.5, 0.6) is 0 Å². The molecule has 1 saturated heterocycles. The molecule has 5 nitrogen and oxygen atoms in total. The third kappa shape index (κ3) is 2.45. The fourth-order valence-corrected chi connectivity index (χ4v) is 4.05. The lowest BCUT2D eigenvalue weighted by molar-refractivity contribution is 0.0701. The van der Waals surface area contributed by atoms with E-state index in [2.05, 4.69) is 11.9 Å². The quantitative estimate of drug-likeness (QED) is 0.855. The molecule has 0 radical (unpaired) electrons. The maximum absolute atomic E-state index is 12.8. The normalized spacial score (nSPS) is 16.4. The molecule has 1 aliphatic heterocycles. The predicted octanol–water partition coefficient (Wildman–Crippen LogP) is 2.66. The average molecular weight is 319 g/mol. The number of nitrogens with zero attached hydrogens (tertiary/aromatic N) is 3. The highest BCUT2D eigenvalue weighted by Gasteiger charge is 2.26. The summed E-state index contributed by atoms with van der Waals surface area (Å²) in [6.07, 6.45) is 3.67. The topological polar surface area (TPSA) is 55.2 Å². The van der Waals surface area contributed by atoms with Gasteiger partial charge < -0.3 is 4.90 Å². The van der Waals surface area contributed by atoms with Crippen LogP contribution >= 0.6 is 11.3 Å². The van der Waals surface area contributed by atoms with Crippen molar-refractivity contribution in [3.8, 4) is 0 Å². The molecule has 2 aromatic heterocycles. The largest absolute Gasteiger partial charge is 0.338 e. The highest BCUT2D eigenvalue weighted by Crippen LogP contribution is 2.29. The Morgan fingerprint density at radius 3 is 2.73 bits per heavy atom. The number of carbonyl (C=O) groups is 1. The number of aryl methyl sites for hydroxylation is 2. The summed E-state index contributed by atoms with van der Waals surface area (Å²) in [4.78, 5) is 32.8. The van der Waals surface area contributed by atoms with Crippen LogP contribution in [0, 0.1) is 12.8 Å². The van der Waals surface area contributed by atoms with Gasteiger partial charge in [-0.15, -0.1) is 11.3 Å². The molecule has 0 aliphatic carbocycles. The Bertz CT molecular complexity index is 770. The number of piperidine rings is 1. The van der Waals surface area contributed by atoms with Crippen LogP contribution in [0.1, 0.15) is 41.9 Å². The molecule has 3 heterocycles. The summed E-state index contributed by atoms with van der Waals surface area (Å²) < 4.78 is 1.58. The Kier molecular flexibility index (Phi) is 4.04. The first-order valence-corrected chi connectivity index (χ1v) is 8.62. The third-order valence-electron chi connectivity index (χ3n) is 4.52. The molecule has 0 saturated carbocycles. The van der Waals surface area contributed by atoms with Gasteiger partial charge in [0.05, 0.1) is 16.6 Å². The minimum Gasteiger partial charge on any atom is -0.338 e. The fourth-order valence-electron chi connectivity index (χ4n) is 2.94. The van der Waals surface area contributed by atoms with Gasteiger partial charge in [-0.3, -0.25) is 14.2 Å². The maximum Gasteiger partial charge on any atom is 0.264 e. The first-order chi connectivity index (χ1) is 10.5. The molecule has 0 bridgehead atoms. The van der Waals surface area contributed by atoms with E-state index in [1.54, 1.807) is 10.9 Å². The van der Waals surface area contributed by atoms with Gasteiger partial charge in [0, 0.05) is 19.6 Å². The molecule has 6 heteroatoms. The fraction of sp³-hybridized carbons (Fsp3) is 0.562. The monoisotopic (exact) mass is 319 g/mol. The number of hydrogen-bond donors (Lipinski definition) is 0. The second-order valence-electron chi connectivity index (χ2n) is 6.05. The van der Waals surface area contributed by atoms with Crippen molar-refractivity contribution < 1.29 is 4.79 Å². The Morgan fingerprint density at radius 2 is 2.09 bits per heavy atom. The van der Waals surface area contributed by atoms with Gasteiger partial charge in [-0.25, -0.2) is 4.98 Å². The Balaban J connectivity index is 2.01. The first-order valence-electron chi connectivity index (χ1n) is 7.80. The molecule has 0 spiro atoms. The van der Waals surface area contributed by atoms with Gasteiger partial charge in [0.1, 0.15) is 4.83 Å². The van der Waals surface area contributed by atoms with Gasteiger partial charge in [0.15, 0.2) is 0 Å². The SMILES string of the molecule is CCn1cnc2sc(C(=O)N3CCC(C)CC3)c(C)c2c1=O. The summed E-state index contributed by atoms with van der Waals surface area (Å²) in [5.41, 5.74) is 0.733. The summed E-state index contributed by atoms with van der Waals surface area (Å²) in [5, 5.41) is 0.600. The highest BCUT2D eigenvalue weighted by atomic mass is 32.1. The summed E-state index contributed by atoms with van der Waals surface area (Å²) in [6.45, 7) is 8.20. The van der Waals surface area contributed by atoms with Crippen molar-refractivity contribution in [3.63, 3.8) is 0 Å². The summed E-state index contributed by atoms with van der Waals surface area (Å²) in [5.74, 6) is 0.737. The minimum atomic E-state index is -0.0485. The van der Waals surface area contributed by atoms with E-state index in [9.17, 15) is 9.59 Å². The zero-order chi connectivity index (χ0) is 15.9. The van der Waals surface area contributed by atoms with Crippen LogP contribution in [0.15, 0.2) is 11.1 Å². The Morgan fingerprint density at radius 1 is 1.41 bits per heavy atom. The molecule has 1 aliphatic rings.